The Labute approximate surface area is 170 Å². The number of thiazole rings is 1. The van der Waals surface area contributed by atoms with Gasteiger partial charge in [-0.25, -0.2) is 4.98 Å². The second-order valence-electron chi connectivity index (χ2n) is 5.90. The molecule has 138 valence electrons. The van der Waals surface area contributed by atoms with Crippen molar-refractivity contribution in [3.8, 4) is 10.6 Å². The molecule has 0 bridgehead atoms. The van der Waals surface area contributed by atoms with Crippen molar-refractivity contribution in [1.82, 2.24) is 9.88 Å². The monoisotopic (exact) mass is 419 g/mol. The van der Waals surface area contributed by atoms with E-state index in [2.05, 4.69) is 10.3 Å². The van der Waals surface area contributed by atoms with Crippen molar-refractivity contribution in [3.05, 3.63) is 69.1 Å². The number of nitrogens with one attached hydrogen (secondary N) is 1. The molecule has 0 unspecified atom stereocenters. The van der Waals surface area contributed by atoms with E-state index in [1.165, 1.54) is 16.2 Å². The Balaban J connectivity index is 1.80. The highest BCUT2D eigenvalue weighted by atomic mass is 35.5. The van der Waals surface area contributed by atoms with E-state index in [-0.39, 0.29) is 17.5 Å². The van der Waals surface area contributed by atoms with Crippen molar-refractivity contribution >= 4 is 52.0 Å². The summed E-state index contributed by atoms with van der Waals surface area (Å²) < 4.78 is 0. The van der Waals surface area contributed by atoms with Gasteiger partial charge in [-0.2, -0.15) is 0 Å². The predicted octanol–water partition coefficient (Wildman–Crippen LogP) is 5.07. The largest absolute Gasteiger partial charge is 0.345 e. The predicted molar refractivity (Wildman–Crippen MR) is 110 cm³/mol. The van der Waals surface area contributed by atoms with Gasteiger partial charge in [0.1, 0.15) is 10.7 Å². The van der Waals surface area contributed by atoms with Gasteiger partial charge < -0.3 is 10.2 Å². The zero-order valence-corrected chi connectivity index (χ0v) is 16.8. The van der Waals surface area contributed by atoms with Gasteiger partial charge >= 0.3 is 0 Å². The van der Waals surface area contributed by atoms with Gasteiger partial charge in [0.15, 0.2) is 0 Å². The SMILES string of the molecule is CN(C)C(=O)c1cc(NC(=O)c2csc(-c3cccc(Cl)c3)n2)ccc1Cl. The second-order valence-corrected chi connectivity index (χ2v) is 7.60. The summed E-state index contributed by atoms with van der Waals surface area (Å²) in [5, 5.41) is 6.04. The van der Waals surface area contributed by atoms with Gasteiger partial charge in [-0.15, -0.1) is 11.3 Å². The number of benzene rings is 2. The summed E-state index contributed by atoms with van der Waals surface area (Å²) in [4.78, 5) is 30.5. The normalized spacial score (nSPS) is 10.5. The van der Waals surface area contributed by atoms with Gasteiger partial charge in [0.2, 0.25) is 0 Å². The molecule has 0 saturated heterocycles. The molecule has 3 aromatic rings. The quantitative estimate of drug-likeness (QED) is 0.641. The molecule has 0 aliphatic heterocycles. The number of hydrogen-bond acceptors (Lipinski definition) is 4. The van der Waals surface area contributed by atoms with E-state index in [0.717, 1.165) is 5.56 Å². The smallest absolute Gasteiger partial charge is 0.275 e. The number of hydrogen-bond donors (Lipinski definition) is 1. The molecule has 8 heteroatoms. The van der Waals surface area contributed by atoms with E-state index in [0.29, 0.717) is 26.3 Å². The first-order chi connectivity index (χ1) is 12.8. The van der Waals surface area contributed by atoms with Crippen LogP contribution in [0.3, 0.4) is 0 Å². The lowest BCUT2D eigenvalue weighted by atomic mass is 10.1. The van der Waals surface area contributed by atoms with Crippen LogP contribution < -0.4 is 5.32 Å². The number of amides is 2. The minimum atomic E-state index is -0.370. The molecule has 2 amide bonds. The number of carbonyl (C=O) groups excluding carboxylic acids is 2. The van der Waals surface area contributed by atoms with Crippen molar-refractivity contribution in [2.75, 3.05) is 19.4 Å². The molecule has 3 rings (SSSR count). The summed E-state index contributed by atoms with van der Waals surface area (Å²) in [6.45, 7) is 0. The van der Waals surface area contributed by atoms with Crippen LogP contribution >= 0.6 is 34.5 Å². The molecule has 2 aromatic carbocycles. The van der Waals surface area contributed by atoms with Crippen molar-refractivity contribution in [1.29, 1.82) is 0 Å². The Morgan fingerprint density at radius 2 is 1.89 bits per heavy atom. The minimum Gasteiger partial charge on any atom is -0.345 e. The third-order valence-corrected chi connectivity index (χ3v) is 5.13. The molecule has 0 radical (unpaired) electrons. The molecule has 1 N–H and O–H groups in total. The fraction of sp³-hybridized carbons (Fsp3) is 0.105. The molecular weight excluding hydrogens is 405 g/mol. The summed E-state index contributed by atoms with van der Waals surface area (Å²) in [5.41, 5.74) is 1.91. The van der Waals surface area contributed by atoms with Crippen LogP contribution in [-0.2, 0) is 0 Å². The first kappa shape index (κ1) is 19.4. The standard InChI is InChI=1S/C19H15Cl2N3O2S/c1-24(2)19(26)14-9-13(6-7-15(14)21)22-17(25)16-10-27-18(23-16)11-4-3-5-12(20)8-11/h3-10H,1-2H3,(H,22,25). The summed E-state index contributed by atoms with van der Waals surface area (Å²) >= 11 is 13.4. The number of anilines is 1. The number of aromatic nitrogens is 1. The Hall–Kier alpha value is -2.41. The average molecular weight is 420 g/mol. The molecule has 5 nitrogen and oxygen atoms in total. The molecule has 1 aromatic heterocycles. The third kappa shape index (κ3) is 4.47. The van der Waals surface area contributed by atoms with E-state index in [1.807, 2.05) is 12.1 Å². The number of halogens is 2. The Bertz CT molecular complexity index is 1020. The number of carbonyl (C=O) groups is 2. The maximum atomic E-state index is 12.5. The molecule has 0 saturated carbocycles. The van der Waals surface area contributed by atoms with Crippen LogP contribution in [0.25, 0.3) is 10.6 Å². The summed E-state index contributed by atoms with van der Waals surface area (Å²) in [5.74, 6) is -0.613. The van der Waals surface area contributed by atoms with Gasteiger partial charge in [0, 0.05) is 35.7 Å². The first-order valence-corrected chi connectivity index (χ1v) is 9.52. The van der Waals surface area contributed by atoms with Gasteiger partial charge in [-0.3, -0.25) is 9.59 Å². The highest BCUT2D eigenvalue weighted by molar-refractivity contribution is 7.13. The van der Waals surface area contributed by atoms with Gasteiger partial charge in [-0.1, -0.05) is 35.3 Å². The lowest BCUT2D eigenvalue weighted by molar-refractivity contribution is 0.0827. The third-order valence-electron chi connectivity index (χ3n) is 3.67. The summed E-state index contributed by atoms with van der Waals surface area (Å²) in [6, 6.07) is 12.0. The molecule has 0 aliphatic carbocycles. The summed E-state index contributed by atoms with van der Waals surface area (Å²) in [6.07, 6.45) is 0. The fourth-order valence-corrected chi connectivity index (χ4v) is 3.52. The van der Waals surface area contributed by atoms with E-state index >= 15 is 0 Å². The summed E-state index contributed by atoms with van der Waals surface area (Å²) in [7, 11) is 3.27. The van der Waals surface area contributed by atoms with Crippen molar-refractivity contribution in [3.63, 3.8) is 0 Å². The van der Waals surface area contributed by atoms with E-state index in [9.17, 15) is 9.59 Å². The second kappa shape index (κ2) is 8.08. The maximum Gasteiger partial charge on any atom is 0.275 e. The van der Waals surface area contributed by atoms with Crippen LogP contribution in [0.2, 0.25) is 10.0 Å². The lowest BCUT2D eigenvalue weighted by Gasteiger charge is -2.13. The Kier molecular flexibility index (Phi) is 5.79. The first-order valence-electron chi connectivity index (χ1n) is 7.89. The zero-order valence-electron chi connectivity index (χ0n) is 14.5. The fourth-order valence-electron chi connectivity index (χ4n) is 2.34. The topological polar surface area (TPSA) is 62.3 Å². The molecule has 0 atom stereocenters. The number of rotatable bonds is 4. The average Bonchev–Trinajstić information content (AvgIpc) is 3.13. The van der Waals surface area contributed by atoms with Crippen LogP contribution in [-0.4, -0.2) is 35.8 Å². The van der Waals surface area contributed by atoms with Crippen molar-refractivity contribution < 1.29 is 9.59 Å². The van der Waals surface area contributed by atoms with Gasteiger partial charge in [-0.05, 0) is 30.3 Å². The molecule has 0 aliphatic rings. The molecule has 0 spiro atoms. The molecule has 0 fully saturated rings. The van der Waals surface area contributed by atoms with Crippen LogP contribution in [0.5, 0.6) is 0 Å². The Morgan fingerprint density at radius 3 is 2.59 bits per heavy atom. The van der Waals surface area contributed by atoms with E-state index in [1.54, 1.807) is 49.8 Å². The van der Waals surface area contributed by atoms with Crippen LogP contribution in [0.15, 0.2) is 47.8 Å². The lowest BCUT2D eigenvalue weighted by Crippen LogP contribution is -2.22. The van der Waals surface area contributed by atoms with Crippen LogP contribution in [0.1, 0.15) is 20.8 Å². The van der Waals surface area contributed by atoms with Crippen molar-refractivity contribution in [2.45, 2.75) is 0 Å². The number of nitrogens with zero attached hydrogens (tertiary/aromatic N) is 2. The maximum absolute atomic E-state index is 12.5. The minimum absolute atomic E-state index is 0.243. The highest BCUT2D eigenvalue weighted by Crippen LogP contribution is 2.27. The molecule has 1 heterocycles. The van der Waals surface area contributed by atoms with E-state index in [4.69, 9.17) is 23.2 Å². The van der Waals surface area contributed by atoms with Gasteiger partial charge in [0.25, 0.3) is 11.8 Å². The molecular formula is C19H15Cl2N3O2S. The zero-order chi connectivity index (χ0) is 19.6. The highest BCUT2D eigenvalue weighted by Gasteiger charge is 2.16. The van der Waals surface area contributed by atoms with Crippen LogP contribution in [0.4, 0.5) is 5.69 Å². The Morgan fingerprint density at radius 1 is 1.11 bits per heavy atom. The van der Waals surface area contributed by atoms with E-state index < -0.39 is 0 Å². The van der Waals surface area contributed by atoms with Crippen molar-refractivity contribution in [2.24, 2.45) is 0 Å². The van der Waals surface area contributed by atoms with Gasteiger partial charge in [0.05, 0.1) is 10.6 Å². The molecule has 27 heavy (non-hydrogen) atoms. The van der Waals surface area contributed by atoms with Crippen LogP contribution in [0, 0.1) is 0 Å².